The predicted molar refractivity (Wildman–Crippen MR) is 206 cm³/mol. The SMILES string of the molecule is CCCCCCCCCCCCCCC(=O)OC[C@@H](COC(=O)CCCCCCCCC)OC(=O)CCCCCCCCCCC(C)CC. The smallest absolute Gasteiger partial charge is 0.306 e. The van der Waals surface area contributed by atoms with Crippen LogP contribution in [0, 0.1) is 5.92 Å². The van der Waals surface area contributed by atoms with Gasteiger partial charge in [0.2, 0.25) is 0 Å². The Morgan fingerprint density at radius 2 is 0.714 bits per heavy atom. The quantitative estimate of drug-likeness (QED) is 0.0364. The Morgan fingerprint density at radius 1 is 0.408 bits per heavy atom. The lowest BCUT2D eigenvalue weighted by Crippen LogP contribution is -2.30. The minimum Gasteiger partial charge on any atom is -0.462 e. The van der Waals surface area contributed by atoms with E-state index in [1.165, 1.54) is 128 Å². The number of hydrogen-bond donors (Lipinski definition) is 0. The summed E-state index contributed by atoms with van der Waals surface area (Å²) in [6.45, 7) is 8.94. The fourth-order valence-corrected chi connectivity index (χ4v) is 6.24. The van der Waals surface area contributed by atoms with E-state index in [1.54, 1.807) is 0 Å². The van der Waals surface area contributed by atoms with Crippen molar-refractivity contribution in [2.45, 2.75) is 239 Å². The van der Waals surface area contributed by atoms with E-state index in [0.29, 0.717) is 19.3 Å². The van der Waals surface area contributed by atoms with Gasteiger partial charge in [-0.15, -0.1) is 0 Å². The standard InChI is InChI=1S/C43H82O6/c1-5-8-10-12-14-15-16-17-18-23-27-31-35-42(45)48-38-40(37-47-41(44)34-30-26-21-13-11-9-6-2)49-43(46)36-32-28-24-20-19-22-25-29-33-39(4)7-3/h39-40H,5-38H2,1-4H3/t39?,40-/m1/s1. The molecule has 0 spiro atoms. The number of carbonyl (C=O) groups is 3. The molecule has 290 valence electrons. The van der Waals surface area contributed by atoms with Gasteiger partial charge in [-0.05, 0) is 25.2 Å². The predicted octanol–water partition coefficient (Wildman–Crippen LogP) is 13.2. The van der Waals surface area contributed by atoms with Crippen LogP contribution in [0.3, 0.4) is 0 Å². The maximum absolute atomic E-state index is 12.6. The van der Waals surface area contributed by atoms with Gasteiger partial charge in [-0.2, -0.15) is 0 Å². The molecule has 0 bridgehead atoms. The first-order valence-corrected chi connectivity index (χ1v) is 21.4. The number of hydrogen-bond acceptors (Lipinski definition) is 6. The fraction of sp³-hybridized carbons (Fsp3) is 0.930. The Hall–Kier alpha value is -1.59. The summed E-state index contributed by atoms with van der Waals surface area (Å²) in [6, 6.07) is 0. The van der Waals surface area contributed by atoms with Crippen LogP contribution >= 0.6 is 0 Å². The molecule has 2 atom stereocenters. The van der Waals surface area contributed by atoms with Crippen molar-refractivity contribution in [1.29, 1.82) is 0 Å². The van der Waals surface area contributed by atoms with Crippen molar-refractivity contribution in [3.63, 3.8) is 0 Å². The first-order valence-electron chi connectivity index (χ1n) is 21.4. The third kappa shape index (κ3) is 36.0. The molecule has 0 fully saturated rings. The molecule has 0 aromatic heterocycles. The first kappa shape index (κ1) is 47.4. The van der Waals surface area contributed by atoms with Gasteiger partial charge in [0.1, 0.15) is 13.2 Å². The van der Waals surface area contributed by atoms with Gasteiger partial charge in [-0.25, -0.2) is 0 Å². The van der Waals surface area contributed by atoms with E-state index in [4.69, 9.17) is 14.2 Å². The molecule has 0 amide bonds. The monoisotopic (exact) mass is 695 g/mol. The van der Waals surface area contributed by atoms with Crippen LogP contribution in [-0.4, -0.2) is 37.2 Å². The number of unbranched alkanes of at least 4 members (excludes halogenated alkanes) is 24. The van der Waals surface area contributed by atoms with Gasteiger partial charge in [0.05, 0.1) is 0 Å². The highest BCUT2D eigenvalue weighted by atomic mass is 16.6. The van der Waals surface area contributed by atoms with E-state index in [1.807, 2.05) is 0 Å². The molecule has 0 aliphatic heterocycles. The molecule has 0 aliphatic carbocycles. The van der Waals surface area contributed by atoms with E-state index < -0.39 is 6.10 Å². The molecule has 49 heavy (non-hydrogen) atoms. The van der Waals surface area contributed by atoms with E-state index in [0.717, 1.165) is 63.7 Å². The van der Waals surface area contributed by atoms with E-state index in [-0.39, 0.29) is 31.1 Å². The van der Waals surface area contributed by atoms with Crippen molar-refractivity contribution in [1.82, 2.24) is 0 Å². The van der Waals surface area contributed by atoms with Crippen LogP contribution in [0.15, 0.2) is 0 Å². The minimum atomic E-state index is -0.758. The number of carbonyl (C=O) groups excluding carboxylic acids is 3. The average molecular weight is 695 g/mol. The Balaban J connectivity index is 4.31. The highest BCUT2D eigenvalue weighted by molar-refractivity contribution is 5.71. The fourth-order valence-electron chi connectivity index (χ4n) is 6.24. The largest absolute Gasteiger partial charge is 0.462 e. The van der Waals surface area contributed by atoms with Crippen LogP contribution in [0.2, 0.25) is 0 Å². The van der Waals surface area contributed by atoms with Crippen LogP contribution < -0.4 is 0 Å². The van der Waals surface area contributed by atoms with Gasteiger partial charge in [0.15, 0.2) is 6.10 Å². The highest BCUT2D eigenvalue weighted by Gasteiger charge is 2.19. The van der Waals surface area contributed by atoms with Crippen LogP contribution in [0.1, 0.15) is 233 Å². The van der Waals surface area contributed by atoms with Crippen molar-refractivity contribution in [2.75, 3.05) is 13.2 Å². The summed E-state index contributed by atoms with van der Waals surface area (Å²) < 4.78 is 16.6. The summed E-state index contributed by atoms with van der Waals surface area (Å²) >= 11 is 0. The lowest BCUT2D eigenvalue weighted by atomic mass is 9.99. The molecule has 1 unspecified atom stereocenters. The van der Waals surface area contributed by atoms with Gasteiger partial charge in [-0.3, -0.25) is 14.4 Å². The molecular formula is C43H82O6. The Bertz CT molecular complexity index is 738. The molecule has 0 rings (SSSR count). The van der Waals surface area contributed by atoms with E-state index in [2.05, 4.69) is 27.7 Å². The van der Waals surface area contributed by atoms with Crippen LogP contribution in [-0.2, 0) is 28.6 Å². The Kier molecular flexibility index (Phi) is 36.4. The second kappa shape index (κ2) is 37.7. The lowest BCUT2D eigenvalue weighted by Gasteiger charge is -2.18. The van der Waals surface area contributed by atoms with Crippen LogP contribution in [0.4, 0.5) is 0 Å². The Labute approximate surface area is 304 Å². The molecule has 6 nitrogen and oxygen atoms in total. The molecule has 0 aromatic rings. The zero-order valence-corrected chi connectivity index (χ0v) is 33.1. The zero-order chi connectivity index (χ0) is 36.0. The summed E-state index contributed by atoms with van der Waals surface area (Å²) in [4.78, 5) is 37.5. The van der Waals surface area contributed by atoms with E-state index in [9.17, 15) is 14.4 Å². The normalized spacial score (nSPS) is 12.5. The van der Waals surface area contributed by atoms with Crippen LogP contribution in [0.25, 0.3) is 0 Å². The number of rotatable bonds is 38. The number of esters is 3. The summed E-state index contributed by atoms with van der Waals surface area (Å²) in [6.07, 6.45) is 35.2. The molecule has 0 heterocycles. The van der Waals surface area contributed by atoms with Gasteiger partial charge in [0.25, 0.3) is 0 Å². The third-order valence-electron chi connectivity index (χ3n) is 9.90. The van der Waals surface area contributed by atoms with Crippen molar-refractivity contribution >= 4 is 17.9 Å². The molecule has 0 radical (unpaired) electrons. The van der Waals surface area contributed by atoms with Crippen molar-refractivity contribution in [2.24, 2.45) is 5.92 Å². The van der Waals surface area contributed by atoms with Gasteiger partial charge >= 0.3 is 17.9 Å². The molecule has 0 saturated heterocycles. The van der Waals surface area contributed by atoms with E-state index >= 15 is 0 Å². The second-order valence-corrected chi connectivity index (χ2v) is 14.9. The summed E-state index contributed by atoms with van der Waals surface area (Å²) in [7, 11) is 0. The molecule has 0 aromatic carbocycles. The summed E-state index contributed by atoms with van der Waals surface area (Å²) in [5, 5.41) is 0. The van der Waals surface area contributed by atoms with Gasteiger partial charge in [0, 0.05) is 19.3 Å². The van der Waals surface area contributed by atoms with Crippen molar-refractivity contribution < 1.29 is 28.6 Å². The second-order valence-electron chi connectivity index (χ2n) is 14.9. The number of ether oxygens (including phenoxy) is 3. The van der Waals surface area contributed by atoms with Gasteiger partial charge < -0.3 is 14.2 Å². The highest BCUT2D eigenvalue weighted by Crippen LogP contribution is 2.16. The molecule has 0 saturated carbocycles. The summed E-state index contributed by atoms with van der Waals surface area (Å²) in [5.41, 5.74) is 0. The molecule has 0 N–H and O–H groups in total. The maximum Gasteiger partial charge on any atom is 0.306 e. The topological polar surface area (TPSA) is 78.9 Å². The molecular weight excluding hydrogens is 612 g/mol. The van der Waals surface area contributed by atoms with Crippen molar-refractivity contribution in [3.8, 4) is 0 Å². The minimum absolute atomic E-state index is 0.0649. The molecule has 0 aliphatic rings. The lowest BCUT2D eigenvalue weighted by molar-refractivity contribution is -0.167. The third-order valence-corrected chi connectivity index (χ3v) is 9.90. The molecule has 6 heteroatoms. The van der Waals surface area contributed by atoms with Gasteiger partial charge in [-0.1, -0.05) is 195 Å². The first-order chi connectivity index (χ1) is 23.9. The maximum atomic E-state index is 12.6. The zero-order valence-electron chi connectivity index (χ0n) is 33.1. The average Bonchev–Trinajstić information content (AvgIpc) is 3.10. The Morgan fingerprint density at radius 3 is 1.06 bits per heavy atom. The van der Waals surface area contributed by atoms with Crippen LogP contribution in [0.5, 0.6) is 0 Å². The summed E-state index contributed by atoms with van der Waals surface area (Å²) in [5.74, 6) is -0.0210. The van der Waals surface area contributed by atoms with Crippen molar-refractivity contribution in [3.05, 3.63) is 0 Å².